The fourth-order valence-corrected chi connectivity index (χ4v) is 3.88. The minimum absolute atomic E-state index is 0.120. The molecule has 1 aromatic heterocycles. The second-order valence-electron chi connectivity index (χ2n) is 8.11. The van der Waals surface area contributed by atoms with Gasteiger partial charge in [-0.1, -0.05) is 54.6 Å². The third kappa shape index (κ3) is 6.19. The second kappa shape index (κ2) is 10.6. The molecule has 0 aliphatic rings. The third-order valence-corrected chi connectivity index (χ3v) is 5.58. The normalized spacial score (nSPS) is 13.4. The fraction of sp³-hybridized carbons (Fsp3) is 0.231. The molecular weight excluding hydrogens is 457 g/mol. The van der Waals surface area contributed by atoms with Gasteiger partial charge in [0.15, 0.2) is 0 Å². The highest BCUT2D eigenvalue weighted by Gasteiger charge is 2.31. The minimum Gasteiger partial charge on any atom is -0.382 e. The number of H-pyrrole nitrogens is 1. The molecule has 3 N–H and O–H groups in total. The number of hydrogen-bond donors (Lipinski definition) is 3. The predicted molar refractivity (Wildman–Crippen MR) is 128 cm³/mol. The van der Waals surface area contributed by atoms with Crippen molar-refractivity contribution >= 4 is 22.9 Å². The zero-order valence-corrected chi connectivity index (χ0v) is 19.0. The van der Waals surface area contributed by atoms with Crippen molar-refractivity contribution in [3.63, 3.8) is 0 Å². The molecule has 0 aliphatic carbocycles. The minimum atomic E-state index is -4.50. The first-order valence-corrected chi connectivity index (χ1v) is 11.0. The van der Waals surface area contributed by atoms with E-state index in [1.807, 2.05) is 54.6 Å². The van der Waals surface area contributed by atoms with Gasteiger partial charge in [-0.3, -0.25) is 4.79 Å². The van der Waals surface area contributed by atoms with E-state index in [0.29, 0.717) is 17.0 Å². The topological polar surface area (TPSA) is 79.0 Å². The lowest BCUT2D eigenvalue weighted by molar-refractivity contribution is -0.137. The van der Waals surface area contributed by atoms with Crippen LogP contribution in [0.15, 0.2) is 78.9 Å². The van der Waals surface area contributed by atoms with Crippen LogP contribution in [0.3, 0.4) is 0 Å². The van der Waals surface area contributed by atoms with Crippen LogP contribution in [0.25, 0.3) is 11.0 Å². The van der Waals surface area contributed by atoms with E-state index in [0.717, 1.165) is 23.2 Å². The van der Waals surface area contributed by atoms with Gasteiger partial charge < -0.3 is 20.4 Å². The first-order valence-electron chi connectivity index (χ1n) is 11.0. The standard InChI is InChI=1S/C26H25F3N4O2/c1-35-16-23(17-8-3-2-4-9-17)30-24(34)15-22(18-10-7-11-19(14-18)26(27,28)29)33-25-31-20-12-5-6-13-21(20)32-25/h2-14,22-23H,15-16H2,1H3,(H,30,34)(H2,31,32,33)/t22?,23-/m0/s1. The Morgan fingerprint density at radius 1 is 0.971 bits per heavy atom. The summed E-state index contributed by atoms with van der Waals surface area (Å²) in [5.74, 6) is 0.0137. The van der Waals surface area contributed by atoms with Gasteiger partial charge in [-0.15, -0.1) is 0 Å². The van der Waals surface area contributed by atoms with Crippen LogP contribution in [-0.4, -0.2) is 29.6 Å². The molecule has 9 heteroatoms. The number of anilines is 1. The molecule has 0 saturated carbocycles. The van der Waals surface area contributed by atoms with E-state index in [1.54, 1.807) is 6.07 Å². The number of methoxy groups -OCH3 is 1. The van der Waals surface area contributed by atoms with Gasteiger partial charge in [0.05, 0.1) is 41.7 Å². The average Bonchev–Trinajstić information content (AvgIpc) is 3.26. The van der Waals surface area contributed by atoms with Gasteiger partial charge in [-0.05, 0) is 35.4 Å². The maximum Gasteiger partial charge on any atom is 0.416 e. The Balaban J connectivity index is 1.60. The Morgan fingerprint density at radius 3 is 2.40 bits per heavy atom. The van der Waals surface area contributed by atoms with Crippen LogP contribution in [0.2, 0.25) is 0 Å². The van der Waals surface area contributed by atoms with Crippen LogP contribution >= 0.6 is 0 Å². The summed E-state index contributed by atoms with van der Waals surface area (Å²) in [6.07, 6.45) is -4.62. The number of benzene rings is 3. The molecule has 6 nitrogen and oxygen atoms in total. The van der Waals surface area contributed by atoms with Gasteiger partial charge in [0.2, 0.25) is 11.9 Å². The molecule has 0 bridgehead atoms. The molecule has 4 aromatic rings. The number of nitrogens with one attached hydrogen (secondary N) is 3. The molecule has 0 saturated heterocycles. The number of carbonyl (C=O) groups is 1. The number of alkyl halides is 3. The van der Waals surface area contributed by atoms with Crippen molar-refractivity contribution in [3.8, 4) is 0 Å². The van der Waals surface area contributed by atoms with E-state index < -0.39 is 23.8 Å². The number of ether oxygens (including phenoxy) is 1. The number of amides is 1. The quantitative estimate of drug-likeness (QED) is 0.289. The van der Waals surface area contributed by atoms with Gasteiger partial charge in [0, 0.05) is 7.11 Å². The van der Waals surface area contributed by atoms with E-state index in [2.05, 4.69) is 20.6 Å². The number of hydrogen-bond acceptors (Lipinski definition) is 4. The molecule has 0 aliphatic heterocycles. The van der Waals surface area contributed by atoms with Gasteiger partial charge in [0.25, 0.3) is 0 Å². The number of carbonyl (C=O) groups excluding carboxylic acids is 1. The van der Waals surface area contributed by atoms with Crippen molar-refractivity contribution in [2.45, 2.75) is 24.7 Å². The number of aromatic nitrogens is 2. The van der Waals surface area contributed by atoms with Crippen LogP contribution in [0, 0.1) is 0 Å². The molecule has 0 spiro atoms. The number of aromatic amines is 1. The summed E-state index contributed by atoms with van der Waals surface area (Å²) in [5, 5.41) is 6.05. The molecule has 35 heavy (non-hydrogen) atoms. The van der Waals surface area contributed by atoms with Crippen LogP contribution in [0.5, 0.6) is 0 Å². The Bertz CT molecular complexity index is 1240. The van der Waals surface area contributed by atoms with Crippen LogP contribution in [0.4, 0.5) is 19.1 Å². The van der Waals surface area contributed by atoms with Gasteiger partial charge >= 0.3 is 6.18 Å². The summed E-state index contributed by atoms with van der Waals surface area (Å²) >= 11 is 0. The van der Waals surface area contributed by atoms with Crippen molar-refractivity contribution in [3.05, 3.63) is 95.6 Å². The summed E-state index contributed by atoms with van der Waals surface area (Å²) in [6, 6.07) is 20.5. The smallest absolute Gasteiger partial charge is 0.382 e. The molecular formula is C26H25F3N4O2. The Hall–Kier alpha value is -3.85. The van der Waals surface area contributed by atoms with E-state index >= 15 is 0 Å². The van der Waals surface area contributed by atoms with Crippen molar-refractivity contribution in [2.75, 3.05) is 19.0 Å². The van der Waals surface area contributed by atoms with Crippen molar-refractivity contribution in [1.29, 1.82) is 0 Å². The number of halogens is 3. The van der Waals surface area contributed by atoms with Gasteiger partial charge in [-0.2, -0.15) is 13.2 Å². The summed E-state index contributed by atoms with van der Waals surface area (Å²) < 4.78 is 45.4. The highest BCUT2D eigenvalue weighted by Crippen LogP contribution is 2.32. The number of nitrogens with zero attached hydrogens (tertiary/aromatic N) is 1. The van der Waals surface area contributed by atoms with E-state index in [4.69, 9.17) is 4.74 Å². The Morgan fingerprint density at radius 2 is 1.69 bits per heavy atom. The first kappa shape index (κ1) is 24.3. The highest BCUT2D eigenvalue weighted by atomic mass is 19.4. The third-order valence-electron chi connectivity index (χ3n) is 5.58. The predicted octanol–water partition coefficient (Wildman–Crippen LogP) is 5.63. The molecule has 1 amide bonds. The monoisotopic (exact) mass is 482 g/mol. The van der Waals surface area contributed by atoms with E-state index in [9.17, 15) is 18.0 Å². The summed E-state index contributed by atoms with van der Waals surface area (Å²) in [7, 11) is 1.54. The second-order valence-corrected chi connectivity index (χ2v) is 8.11. The number of para-hydroxylation sites is 2. The lowest BCUT2D eigenvalue weighted by atomic mass is 10.00. The Labute approximate surface area is 200 Å². The maximum absolute atomic E-state index is 13.4. The number of rotatable bonds is 9. The van der Waals surface area contributed by atoms with Gasteiger partial charge in [-0.25, -0.2) is 4.98 Å². The van der Waals surface area contributed by atoms with Crippen molar-refractivity contribution in [1.82, 2.24) is 15.3 Å². The summed E-state index contributed by atoms with van der Waals surface area (Å²) in [4.78, 5) is 20.6. The Kier molecular flexibility index (Phi) is 7.36. The lowest BCUT2D eigenvalue weighted by Gasteiger charge is -2.23. The molecule has 0 fully saturated rings. The zero-order chi connectivity index (χ0) is 24.8. The van der Waals surface area contributed by atoms with Crippen LogP contribution < -0.4 is 10.6 Å². The fourth-order valence-electron chi connectivity index (χ4n) is 3.88. The van der Waals surface area contributed by atoms with Gasteiger partial charge in [0.1, 0.15) is 0 Å². The molecule has 1 heterocycles. The number of fused-ring (bicyclic) bond motifs is 1. The zero-order valence-electron chi connectivity index (χ0n) is 19.0. The SMILES string of the molecule is COC[C@H](NC(=O)CC(Nc1nc2ccccc2[nH]1)c1cccc(C(F)(F)F)c1)c1ccccc1. The molecule has 2 atom stereocenters. The molecule has 3 aromatic carbocycles. The molecule has 1 unspecified atom stereocenters. The van der Waals surface area contributed by atoms with Crippen molar-refractivity contribution in [2.24, 2.45) is 0 Å². The largest absolute Gasteiger partial charge is 0.416 e. The maximum atomic E-state index is 13.4. The summed E-state index contributed by atoms with van der Waals surface area (Å²) in [5.41, 5.74) is 1.87. The van der Waals surface area contributed by atoms with Crippen LogP contribution in [-0.2, 0) is 15.7 Å². The molecule has 4 rings (SSSR count). The average molecular weight is 483 g/mol. The van der Waals surface area contributed by atoms with E-state index in [1.165, 1.54) is 13.2 Å². The number of imidazole rings is 1. The molecule has 0 radical (unpaired) electrons. The van der Waals surface area contributed by atoms with Crippen molar-refractivity contribution < 1.29 is 22.7 Å². The first-order chi connectivity index (χ1) is 16.8. The summed E-state index contributed by atoms with van der Waals surface area (Å²) in [6.45, 7) is 0.251. The molecule has 182 valence electrons. The van der Waals surface area contributed by atoms with E-state index in [-0.39, 0.29) is 18.9 Å². The highest BCUT2D eigenvalue weighted by molar-refractivity contribution is 5.79. The lowest BCUT2D eigenvalue weighted by Crippen LogP contribution is -2.33. The van der Waals surface area contributed by atoms with Crippen LogP contribution in [0.1, 0.15) is 35.2 Å².